The average molecular weight is 362 g/mol. The van der Waals surface area contributed by atoms with Gasteiger partial charge in [0.05, 0.1) is 11.9 Å². The molecular weight excluding hydrogens is 342 g/mol. The first-order valence-electron chi connectivity index (χ1n) is 8.29. The van der Waals surface area contributed by atoms with Crippen LogP contribution in [0.1, 0.15) is 5.56 Å². The normalized spacial score (nSPS) is 14.5. The maximum absolute atomic E-state index is 12.5. The Morgan fingerprint density at radius 1 is 1.23 bits per heavy atom. The lowest BCUT2D eigenvalue weighted by Gasteiger charge is -2.35. The number of urea groups is 1. The third-order valence-corrected chi connectivity index (χ3v) is 4.24. The molecule has 0 spiro atoms. The van der Waals surface area contributed by atoms with Gasteiger partial charge in [0, 0.05) is 38.1 Å². The van der Waals surface area contributed by atoms with E-state index in [0.717, 1.165) is 18.8 Å². The van der Waals surface area contributed by atoms with Crippen LogP contribution in [0.3, 0.4) is 0 Å². The Morgan fingerprint density at radius 3 is 2.62 bits per heavy atom. The van der Waals surface area contributed by atoms with Gasteiger partial charge in [0.2, 0.25) is 0 Å². The van der Waals surface area contributed by atoms with Crippen molar-refractivity contribution in [3.05, 3.63) is 48.3 Å². The number of anilines is 2. The van der Waals surface area contributed by atoms with E-state index in [-0.39, 0.29) is 11.8 Å². The van der Waals surface area contributed by atoms with Crippen molar-refractivity contribution in [1.29, 1.82) is 0 Å². The predicted octanol–water partition coefficient (Wildman–Crippen LogP) is 3.35. The van der Waals surface area contributed by atoms with E-state index >= 15 is 0 Å². The number of rotatable bonds is 4. The number of amides is 2. The number of carbonyl (C=O) groups is 1. The van der Waals surface area contributed by atoms with Crippen molar-refractivity contribution in [1.82, 2.24) is 9.88 Å². The maximum Gasteiger partial charge on any atom is 0.387 e. The van der Waals surface area contributed by atoms with Crippen LogP contribution in [0.5, 0.6) is 5.75 Å². The van der Waals surface area contributed by atoms with E-state index in [4.69, 9.17) is 0 Å². The fourth-order valence-electron chi connectivity index (χ4n) is 2.86. The standard InChI is InChI=1S/C18H20F2N4O2/c1-13-11-15(26-17(19)20)4-5-16(13)22-18(25)24-9-7-23(8-10-24)14-3-2-6-21-12-14/h2-6,11-12,17H,7-10H2,1H3,(H,22,25). The van der Waals surface area contributed by atoms with E-state index < -0.39 is 6.61 Å². The zero-order chi connectivity index (χ0) is 18.5. The maximum atomic E-state index is 12.5. The molecule has 0 bridgehead atoms. The summed E-state index contributed by atoms with van der Waals surface area (Å²) in [5.74, 6) is 0.0700. The number of aryl methyl sites for hydroxylation is 1. The van der Waals surface area contributed by atoms with Gasteiger partial charge in [0.15, 0.2) is 0 Å². The molecule has 1 aliphatic rings. The molecule has 1 aliphatic heterocycles. The van der Waals surface area contributed by atoms with Crippen molar-refractivity contribution >= 4 is 17.4 Å². The van der Waals surface area contributed by atoms with Gasteiger partial charge < -0.3 is 19.9 Å². The van der Waals surface area contributed by atoms with Crippen LogP contribution in [-0.2, 0) is 0 Å². The second kappa shape index (κ2) is 7.99. The van der Waals surface area contributed by atoms with Crippen LogP contribution in [0.4, 0.5) is 25.0 Å². The topological polar surface area (TPSA) is 57.7 Å². The average Bonchev–Trinajstić information content (AvgIpc) is 2.64. The number of piperazine rings is 1. The number of nitrogens with zero attached hydrogens (tertiary/aromatic N) is 3. The molecule has 0 saturated carbocycles. The highest BCUT2D eigenvalue weighted by Crippen LogP contribution is 2.23. The summed E-state index contributed by atoms with van der Waals surface area (Å²) in [6.07, 6.45) is 3.54. The second-order valence-electron chi connectivity index (χ2n) is 5.97. The van der Waals surface area contributed by atoms with Gasteiger partial charge in [-0.05, 0) is 42.8 Å². The Morgan fingerprint density at radius 2 is 2.00 bits per heavy atom. The fourth-order valence-corrected chi connectivity index (χ4v) is 2.86. The van der Waals surface area contributed by atoms with Gasteiger partial charge >= 0.3 is 12.6 Å². The minimum atomic E-state index is -2.87. The van der Waals surface area contributed by atoms with Crippen LogP contribution in [0.25, 0.3) is 0 Å². The van der Waals surface area contributed by atoms with E-state index in [1.54, 1.807) is 24.1 Å². The van der Waals surface area contributed by atoms with Crippen molar-refractivity contribution in [2.45, 2.75) is 13.5 Å². The summed E-state index contributed by atoms with van der Waals surface area (Å²) >= 11 is 0. The minimum absolute atomic E-state index is 0.0700. The summed E-state index contributed by atoms with van der Waals surface area (Å²) in [6, 6.07) is 8.13. The third kappa shape index (κ3) is 4.38. The quantitative estimate of drug-likeness (QED) is 0.906. The molecule has 3 rings (SSSR count). The minimum Gasteiger partial charge on any atom is -0.435 e. The van der Waals surface area contributed by atoms with Gasteiger partial charge in [0.1, 0.15) is 5.75 Å². The van der Waals surface area contributed by atoms with Crippen LogP contribution in [0, 0.1) is 6.92 Å². The van der Waals surface area contributed by atoms with Gasteiger partial charge in [-0.1, -0.05) is 0 Å². The number of hydrogen-bond donors (Lipinski definition) is 1. The number of aromatic nitrogens is 1. The van der Waals surface area contributed by atoms with E-state index in [1.165, 1.54) is 12.1 Å². The van der Waals surface area contributed by atoms with E-state index in [9.17, 15) is 13.6 Å². The predicted molar refractivity (Wildman–Crippen MR) is 94.9 cm³/mol. The summed E-state index contributed by atoms with van der Waals surface area (Å²) in [6.45, 7) is 1.48. The molecule has 0 radical (unpaired) electrons. The molecule has 2 amide bonds. The van der Waals surface area contributed by atoms with E-state index in [1.807, 2.05) is 18.3 Å². The van der Waals surface area contributed by atoms with Crippen LogP contribution >= 0.6 is 0 Å². The SMILES string of the molecule is Cc1cc(OC(F)F)ccc1NC(=O)N1CCN(c2cccnc2)CC1. The van der Waals surface area contributed by atoms with Crippen molar-refractivity contribution in [3.63, 3.8) is 0 Å². The monoisotopic (exact) mass is 362 g/mol. The number of nitrogens with one attached hydrogen (secondary N) is 1. The second-order valence-corrected chi connectivity index (χ2v) is 5.97. The molecule has 138 valence electrons. The lowest BCUT2D eigenvalue weighted by atomic mass is 10.2. The molecule has 1 aromatic heterocycles. The summed E-state index contributed by atoms with van der Waals surface area (Å²) in [5, 5.41) is 2.83. The number of ether oxygens (including phenoxy) is 1. The van der Waals surface area contributed by atoms with Gasteiger partial charge in [0.25, 0.3) is 0 Å². The molecule has 6 nitrogen and oxygen atoms in total. The van der Waals surface area contributed by atoms with Gasteiger partial charge in [-0.2, -0.15) is 8.78 Å². The zero-order valence-corrected chi connectivity index (χ0v) is 14.4. The first kappa shape index (κ1) is 17.9. The summed E-state index contributed by atoms with van der Waals surface area (Å²) in [4.78, 5) is 20.5. The molecule has 0 atom stereocenters. The lowest BCUT2D eigenvalue weighted by Crippen LogP contribution is -2.50. The summed E-state index contributed by atoms with van der Waals surface area (Å²) in [7, 11) is 0. The summed E-state index contributed by atoms with van der Waals surface area (Å²) < 4.78 is 28.9. The van der Waals surface area contributed by atoms with Crippen molar-refractivity contribution in [2.75, 3.05) is 36.4 Å². The van der Waals surface area contributed by atoms with E-state index in [2.05, 4.69) is 19.9 Å². The zero-order valence-electron chi connectivity index (χ0n) is 14.4. The Labute approximate surface area is 150 Å². The fraction of sp³-hybridized carbons (Fsp3) is 0.333. The lowest BCUT2D eigenvalue weighted by molar-refractivity contribution is -0.0498. The Hall–Kier alpha value is -2.90. The Bertz CT molecular complexity index is 750. The number of carbonyl (C=O) groups excluding carboxylic acids is 1. The highest BCUT2D eigenvalue weighted by molar-refractivity contribution is 5.90. The first-order chi connectivity index (χ1) is 12.5. The molecule has 1 aromatic carbocycles. The molecule has 0 unspecified atom stereocenters. The van der Waals surface area contributed by atoms with E-state index in [0.29, 0.717) is 24.3 Å². The van der Waals surface area contributed by atoms with Gasteiger partial charge in [-0.3, -0.25) is 4.98 Å². The van der Waals surface area contributed by atoms with Crippen molar-refractivity contribution in [3.8, 4) is 5.75 Å². The number of alkyl halides is 2. The van der Waals surface area contributed by atoms with Crippen molar-refractivity contribution in [2.24, 2.45) is 0 Å². The van der Waals surface area contributed by atoms with Gasteiger partial charge in [-0.25, -0.2) is 4.79 Å². The first-order valence-corrected chi connectivity index (χ1v) is 8.29. The van der Waals surface area contributed by atoms with Gasteiger partial charge in [-0.15, -0.1) is 0 Å². The molecular formula is C18H20F2N4O2. The third-order valence-electron chi connectivity index (χ3n) is 4.24. The molecule has 1 saturated heterocycles. The number of hydrogen-bond acceptors (Lipinski definition) is 4. The molecule has 2 heterocycles. The van der Waals surface area contributed by atoms with Crippen LogP contribution in [-0.4, -0.2) is 48.7 Å². The van der Waals surface area contributed by atoms with Crippen LogP contribution in [0.2, 0.25) is 0 Å². The molecule has 1 N–H and O–H groups in total. The molecule has 2 aromatic rings. The Balaban J connectivity index is 1.56. The number of benzene rings is 1. The smallest absolute Gasteiger partial charge is 0.387 e. The number of halogens is 2. The molecule has 1 fully saturated rings. The van der Waals surface area contributed by atoms with Crippen molar-refractivity contribution < 1.29 is 18.3 Å². The van der Waals surface area contributed by atoms with Crippen LogP contribution in [0.15, 0.2) is 42.7 Å². The summed E-state index contributed by atoms with van der Waals surface area (Å²) in [5.41, 5.74) is 2.27. The van der Waals surface area contributed by atoms with Crippen LogP contribution < -0.4 is 15.0 Å². The largest absolute Gasteiger partial charge is 0.435 e. The highest BCUT2D eigenvalue weighted by Gasteiger charge is 2.21. The molecule has 26 heavy (non-hydrogen) atoms. The Kier molecular flexibility index (Phi) is 5.50. The molecule has 0 aliphatic carbocycles. The molecule has 8 heteroatoms. The highest BCUT2D eigenvalue weighted by atomic mass is 19.3. The number of pyridine rings is 1.